The van der Waals surface area contributed by atoms with Gasteiger partial charge in [0.25, 0.3) is 0 Å². The number of aryl methyl sites for hydroxylation is 1. The van der Waals surface area contributed by atoms with Gasteiger partial charge in [-0.05, 0) is 50.5 Å². The van der Waals surface area contributed by atoms with Gasteiger partial charge < -0.3 is 10.1 Å². The minimum Gasteiger partial charge on any atom is -0.494 e. The van der Waals surface area contributed by atoms with Crippen LogP contribution in [0.3, 0.4) is 0 Å². The van der Waals surface area contributed by atoms with E-state index in [2.05, 4.69) is 64.6 Å². The van der Waals surface area contributed by atoms with Crippen LogP contribution in [0.15, 0.2) is 53.0 Å². The van der Waals surface area contributed by atoms with Crippen LogP contribution in [0.5, 0.6) is 5.75 Å². The lowest BCUT2D eigenvalue weighted by atomic mass is 10.1. The van der Waals surface area contributed by atoms with Crippen LogP contribution >= 0.6 is 15.9 Å². The molecule has 2 rings (SSSR count). The first-order valence-electron chi connectivity index (χ1n) is 7.87. The molecule has 0 bridgehead atoms. The standard InChI is InChI=1S/C19H24BrNO/c1-3-22-19-12-11-18(20)13-17(19)14-21-15(2)9-10-16-7-5-4-6-8-16/h4-8,11-13,15,21H,3,9-10,14H2,1-2H3/t15-/m1/s1. The molecule has 0 saturated heterocycles. The van der Waals surface area contributed by atoms with Crippen molar-refractivity contribution in [2.45, 2.75) is 39.3 Å². The van der Waals surface area contributed by atoms with Crippen molar-refractivity contribution < 1.29 is 4.74 Å². The van der Waals surface area contributed by atoms with Gasteiger partial charge in [-0.25, -0.2) is 0 Å². The Balaban J connectivity index is 1.85. The van der Waals surface area contributed by atoms with Gasteiger partial charge in [-0.15, -0.1) is 0 Å². The lowest BCUT2D eigenvalue weighted by molar-refractivity contribution is 0.334. The zero-order valence-electron chi connectivity index (χ0n) is 13.3. The van der Waals surface area contributed by atoms with E-state index < -0.39 is 0 Å². The molecule has 0 unspecified atom stereocenters. The van der Waals surface area contributed by atoms with Crippen molar-refractivity contribution in [2.24, 2.45) is 0 Å². The molecule has 0 aliphatic rings. The predicted octanol–water partition coefficient (Wildman–Crippen LogP) is 4.96. The molecule has 0 radical (unpaired) electrons. The molecule has 2 aromatic carbocycles. The van der Waals surface area contributed by atoms with Gasteiger partial charge in [0, 0.05) is 22.6 Å². The van der Waals surface area contributed by atoms with Crippen molar-refractivity contribution >= 4 is 15.9 Å². The smallest absolute Gasteiger partial charge is 0.123 e. The van der Waals surface area contributed by atoms with E-state index >= 15 is 0 Å². The highest BCUT2D eigenvalue weighted by atomic mass is 79.9. The second-order valence-corrected chi connectivity index (χ2v) is 6.41. The number of rotatable bonds is 8. The molecule has 2 aromatic rings. The Morgan fingerprint density at radius 3 is 2.64 bits per heavy atom. The summed E-state index contributed by atoms with van der Waals surface area (Å²) in [5, 5.41) is 3.59. The van der Waals surface area contributed by atoms with Gasteiger partial charge in [-0.2, -0.15) is 0 Å². The molecule has 0 heterocycles. The van der Waals surface area contributed by atoms with E-state index in [9.17, 15) is 0 Å². The fourth-order valence-electron chi connectivity index (χ4n) is 2.40. The fourth-order valence-corrected chi connectivity index (χ4v) is 2.81. The molecular formula is C19H24BrNO. The van der Waals surface area contributed by atoms with Gasteiger partial charge in [0.1, 0.15) is 5.75 Å². The number of hydrogen-bond donors (Lipinski definition) is 1. The topological polar surface area (TPSA) is 21.3 Å². The lowest BCUT2D eigenvalue weighted by Gasteiger charge is -2.16. The normalized spacial score (nSPS) is 12.1. The highest BCUT2D eigenvalue weighted by molar-refractivity contribution is 9.10. The van der Waals surface area contributed by atoms with Crippen LogP contribution in [0, 0.1) is 0 Å². The third-order valence-corrected chi connectivity index (χ3v) is 4.17. The number of nitrogens with one attached hydrogen (secondary N) is 1. The van der Waals surface area contributed by atoms with Crippen LogP contribution in [0.1, 0.15) is 31.4 Å². The zero-order valence-corrected chi connectivity index (χ0v) is 14.9. The highest BCUT2D eigenvalue weighted by Crippen LogP contribution is 2.23. The molecule has 0 fully saturated rings. The van der Waals surface area contributed by atoms with Gasteiger partial charge in [0.15, 0.2) is 0 Å². The van der Waals surface area contributed by atoms with Crippen molar-refractivity contribution in [3.05, 3.63) is 64.1 Å². The Kier molecular flexibility index (Phi) is 6.94. The predicted molar refractivity (Wildman–Crippen MR) is 96.4 cm³/mol. The van der Waals surface area contributed by atoms with Gasteiger partial charge >= 0.3 is 0 Å². The third-order valence-electron chi connectivity index (χ3n) is 3.67. The van der Waals surface area contributed by atoms with E-state index in [1.54, 1.807) is 0 Å². The maximum absolute atomic E-state index is 5.69. The first kappa shape index (κ1) is 17.0. The van der Waals surface area contributed by atoms with E-state index in [1.807, 2.05) is 19.1 Å². The highest BCUT2D eigenvalue weighted by Gasteiger charge is 2.07. The van der Waals surface area contributed by atoms with Crippen LogP contribution < -0.4 is 10.1 Å². The SMILES string of the molecule is CCOc1ccc(Br)cc1CN[C@H](C)CCc1ccccc1. The molecule has 0 saturated carbocycles. The monoisotopic (exact) mass is 361 g/mol. The molecule has 2 nitrogen and oxygen atoms in total. The number of ether oxygens (including phenoxy) is 1. The van der Waals surface area contributed by atoms with Gasteiger partial charge in [0.05, 0.1) is 6.61 Å². The van der Waals surface area contributed by atoms with Gasteiger partial charge in [0.2, 0.25) is 0 Å². The second kappa shape index (κ2) is 8.96. The van der Waals surface area contributed by atoms with Crippen LogP contribution in [-0.4, -0.2) is 12.6 Å². The van der Waals surface area contributed by atoms with Crippen LogP contribution in [-0.2, 0) is 13.0 Å². The average molecular weight is 362 g/mol. The largest absolute Gasteiger partial charge is 0.494 e. The maximum Gasteiger partial charge on any atom is 0.123 e. The second-order valence-electron chi connectivity index (χ2n) is 5.49. The Morgan fingerprint density at radius 1 is 1.14 bits per heavy atom. The van der Waals surface area contributed by atoms with E-state index in [0.29, 0.717) is 12.6 Å². The minimum atomic E-state index is 0.466. The van der Waals surface area contributed by atoms with E-state index in [4.69, 9.17) is 4.74 Å². The average Bonchev–Trinajstić information content (AvgIpc) is 2.54. The summed E-state index contributed by atoms with van der Waals surface area (Å²) in [6.07, 6.45) is 2.23. The molecule has 22 heavy (non-hydrogen) atoms. The van der Waals surface area contributed by atoms with Gasteiger partial charge in [-0.3, -0.25) is 0 Å². The van der Waals surface area contributed by atoms with Crippen LogP contribution in [0.4, 0.5) is 0 Å². The summed E-state index contributed by atoms with van der Waals surface area (Å²) < 4.78 is 6.78. The first-order valence-corrected chi connectivity index (χ1v) is 8.67. The molecule has 0 aromatic heterocycles. The quantitative estimate of drug-likeness (QED) is 0.717. The minimum absolute atomic E-state index is 0.466. The van der Waals surface area contributed by atoms with E-state index in [-0.39, 0.29) is 0 Å². The van der Waals surface area contributed by atoms with Gasteiger partial charge in [-0.1, -0.05) is 46.3 Å². The summed E-state index contributed by atoms with van der Waals surface area (Å²) in [5.41, 5.74) is 2.59. The summed E-state index contributed by atoms with van der Waals surface area (Å²) in [6, 6.07) is 17.3. The van der Waals surface area contributed by atoms with E-state index in [0.717, 1.165) is 29.6 Å². The summed E-state index contributed by atoms with van der Waals surface area (Å²) in [6.45, 7) is 5.77. The summed E-state index contributed by atoms with van der Waals surface area (Å²) in [7, 11) is 0. The Morgan fingerprint density at radius 2 is 1.91 bits per heavy atom. The van der Waals surface area contributed by atoms with E-state index in [1.165, 1.54) is 11.1 Å². The van der Waals surface area contributed by atoms with Crippen LogP contribution in [0.25, 0.3) is 0 Å². The van der Waals surface area contributed by atoms with Crippen LogP contribution in [0.2, 0.25) is 0 Å². The molecule has 0 spiro atoms. The van der Waals surface area contributed by atoms with Crippen molar-refractivity contribution in [3.63, 3.8) is 0 Å². The number of hydrogen-bond acceptors (Lipinski definition) is 2. The molecule has 0 amide bonds. The Labute approximate surface area is 142 Å². The van der Waals surface area contributed by atoms with Crippen molar-refractivity contribution in [3.8, 4) is 5.75 Å². The Bertz CT molecular complexity index is 571. The zero-order chi connectivity index (χ0) is 15.8. The Hall–Kier alpha value is -1.32. The maximum atomic E-state index is 5.69. The molecule has 0 aliphatic heterocycles. The molecule has 118 valence electrons. The summed E-state index contributed by atoms with van der Waals surface area (Å²) in [5.74, 6) is 0.966. The fraction of sp³-hybridized carbons (Fsp3) is 0.368. The first-order chi connectivity index (χ1) is 10.7. The molecular weight excluding hydrogens is 338 g/mol. The summed E-state index contributed by atoms with van der Waals surface area (Å²) in [4.78, 5) is 0. The third kappa shape index (κ3) is 5.47. The molecule has 1 N–H and O–H groups in total. The molecule has 3 heteroatoms. The van der Waals surface area contributed by atoms with Crippen molar-refractivity contribution in [2.75, 3.05) is 6.61 Å². The van der Waals surface area contributed by atoms with Crippen molar-refractivity contribution in [1.29, 1.82) is 0 Å². The molecule has 1 atom stereocenters. The number of benzene rings is 2. The molecule has 0 aliphatic carbocycles. The van der Waals surface area contributed by atoms with Crippen molar-refractivity contribution in [1.82, 2.24) is 5.32 Å². The lowest BCUT2D eigenvalue weighted by Crippen LogP contribution is -2.26. The summed E-state index contributed by atoms with van der Waals surface area (Å²) >= 11 is 3.53. The number of halogens is 1.